The average molecular weight is 449 g/mol. The van der Waals surface area contributed by atoms with Crippen LogP contribution in [0.25, 0.3) is 11.0 Å². The summed E-state index contributed by atoms with van der Waals surface area (Å²) in [5.41, 5.74) is 4.01. The number of benzene rings is 1. The number of para-hydroxylation sites is 1. The summed E-state index contributed by atoms with van der Waals surface area (Å²) in [7, 11) is 0. The lowest BCUT2D eigenvalue weighted by atomic mass is 10.1. The molecule has 1 saturated carbocycles. The van der Waals surface area contributed by atoms with Crippen LogP contribution in [0.2, 0.25) is 0 Å². The van der Waals surface area contributed by atoms with E-state index in [9.17, 15) is 4.39 Å². The molecule has 3 N–H and O–H groups in total. The molecule has 4 aromatic rings. The van der Waals surface area contributed by atoms with Gasteiger partial charge < -0.3 is 19.9 Å². The van der Waals surface area contributed by atoms with Gasteiger partial charge in [0.05, 0.1) is 23.6 Å². The number of H-pyrrole nitrogens is 1. The van der Waals surface area contributed by atoms with Gasteiger partial charge in [-0.2, -0.15) is 10.1 Å². The lowest BCUT2D eigenvalue weighted by Crippen LogP contribution is -2.17. The molecule has 4 heterocycles. The number of aromatic nitrogens is 6. The summed E-state index contributed by atoms with van der Waals surface area (Å²) in [6.07, 6.45) is 8.61. The third-order valence-corrected chi connectivity index (χ3v) is 6.20. The number of nitrogens with one attached hydrogen (secondary N) is 3. The predicted octanol–water partition coefficient (Wildman–Crippen LogP) is 4.62. The van der Waals surface area contributed by atoms with Crippen LogP contribution >= 0.6 is 0 Å². The van der Waals surface area contributed by atoms with Gasteiger partial charge >= 0.3 is 0 Å². The molecule has 0 radical (unpaired) electrons. The number of imidazole rings is 1. The lowest BCUT2D eigenvalue weighted by Gasteiger charge is -2.24. The number of ether oxygens (including phenoxy) is 1. The Balaban J connectivity index is 1.18. The summed E-state index contributed by atoms with van der Waals surface area (Å²) in [5.74, 6) is 0.948. The minimum Gasteiger partial charge on any atom is -0.358 e. The fourth-order valence-electron chi connectivity index (χ4n) is 4.27. The summed E-state index contributed by atoms with van der Waals surface area (Å²) in [4.78, 5) is 13.0. The van der Waals surface area contributed by atoms with Gasteiger partial charge in [0.1, 0.15) is 6.23 Å². The Morgan fingerprint density at radius 3 is 2.97 bits per heavy atom. The van der Waals surface area contributed by atoms with E-state index in [1.165, 1.54) is 0 Å². The number of halogens is 1. The van der Waals surface area contributed by atoms with Gasteiger partial charge in [-0.05, 0) is 43.7 Å². The van der Waals surface area contributed by atoms with Gasteiger partial charge in [-0.15, -0.1) is 0 Å². The number of fused-ring (bicyclic) bond motifs is 1. The summed E-state index contributed by atoms with van der Waals surface area (Å²) in [6.45, 7) is 1.24. The van der Waals surface area contributed by atoms with E-state index in [0.29, 0.717) is 24.2 Å². The Bertz CT molecular complexity index is 1270. The van der Waals surface area contributed by atoms with E-state index in [1.807, 2.05) is 24.5 Å². The van der Waals surface area contributed by atoms with Crippen molar-refractivity contribution in [3.63, 3.8) is 0 Å². The Kier molecular flexibility index (Phi) is 5.14. The molecule has 0 spiro atoms. The number of hydrogen-bond donors (Lipinski definition) is 3. The number of hydrogen-bond acceptors (Lipinski definition) is 7. The minimum atomic E-state index is -0.537. The van der Waals surface area contributed by atoms with Crippen LogP contribution < -0.4 is 10.6 Å². The largest absolute Gasteiger partial charge is 0.358 e. The minimum absolute atomic E-state index is 0.0310. The second-order valence-corrected chi connectivity index (χ2v) is 8.61. The highest BCUT2D eigenvalue weighted by atomic mass is 19.1. The van der Waals surface area contributed by atoms with Gasteiger partial charge in [0.15, 0.2) is 17.5 Å². The highest BCUT2D eigenvalue weighted by molar-refractivity contribution is 5.79. The van der Waals surface area contributed by atoms with Crippen LogP contribution in [0.5, 0.6) is 0 Å². The zero-order valence-electron chi connectivity index (χ0n) is 18.1. The predicted molar refractivity (Wildman–Crippen MR) is 122 cm³/mol. The van der Waals surface area contributed by atoms with Crippen molar-refractivity contribution in [1.29, 1.82) is 0 Å². The number of aromatic amines is 1. The van der Waals surface area contributed by atoms with Crippen LogP contribution in [0.4, 0.5) is 22.0 Å². The molecule has 1 unspecified atom stereocenters. The standard InChI is InChI=1S/C23H25FN8O/c24-16-12-26-23(29-22(16)28-19-10-17(30-31-19)14-7-8-14)25-11-15-4-3-5-18-21(15)27-13-32(18)20-6-1-2-9-33-20/h3-5,10,12-14,20H,1-2,6-9,11H2,(H3,25,26,28,29,30,31). The number of rotatable bonds is 7. The average Bonchev–Trinajstić information content (AvgIpc) is 3.43. The highest BCUT2D eigenvalue weighted by Crippen LogP contribution is 2.39. The summed E-state index contributed by atoms with van der Waals surface area (Å²) < 4.78 is 22.3. The number of anilines is 3. The smallest absolute Gasteiger partial charge is 0.225 e. The fourth-order valence-corrected chi connectivity index (χ4v) is 4.27. The molecule has 6 rings (SSSR count). The summed E-state index contributed by atoms with van der Waals surface area (Å²) in [5, 5.41) is 13.3. The molecule has 9 nitrogen and oxygen atoms in total. The number of nitrogens with zero attached hydrogens (tertiary/aromatic N) is 5. The van der Waals surface area contributed by atoms with Crippen molar-refractivity contribution in [3.05, 3.63) is 53.9 Å². The molecule has 0 bridgehead atoms. The molecule has 0 amide bonds. The fraction of sp³-hybridized carbons (Fsp3) is 0.391. The topological polar surface area (TPSA) is 106 Å². The van der Waals surface area contributed by atoms with E-state index in [4.69, 9.17) is 4.74 Å². The van der Waals surface area contributed by atoms with Crippen molar-refractivity contribution in [2.75, 3.05) is 17.2 Å². The van der Waals surface area contributed by atoms with Crippen molar-refractivity contribution >= 4 is 28.6 Å². The van der Waals surface area contributed by atoms with Gasteiger partial charge in [0.25, 0.3) is 0 Å². The van der Waals surface area contributed by atoms with Crippen LogP contribution in [0, 0.1) is 5.82 Å². The van der Waals surface area contributed by atoms with Crippen molar-refractivity contribution in [2.24, 2.45) is 0 Å². The Morgan fingerprint density at radius 2 is 2.12 bits per heavy atom. The van der Waals surface area contributed by atoms with E-state index >= 15 is 0 Å². The Labute approximate surface area is 189 Å². The van der Waals surface area contributed by atoms with Crippen molar-refractivity contribution < 1.29 is 9.13 Å². The first kappa shape index (κ1) is 20.1. The molecular weight excluding hydrogens is 423 g/mol. The zero-order valence-corrected chi connectivity index (χ0v) is 18.1. The lowest BCUT2D eigenvalue weighted by molar-refractivity contribution is -0.0295. The molecule has 33 heavy (non-hydrogen) atoms. The SMILES string of the molecule is Fc1cnc(NCc2cccc3c2ncn3C2CCCCO2)nc1Nc1cc(C2CC2)[nH]n1. The molecule has 2 fully saturated rings. The first-order valence-corrected chi connectivity index (χ1v) is 11.4. The van der Waals surface area contributed by atoms with Gasteiger partial charge in [0, 0.05) is 30.8 Å². The highest BCUT2D eigenvalue weighted by Gasteiger charge is 2.25. The van der Waals surface area contributed by atoms with Crippen molar-refractivity contribution in [3.8, 4) is 0 Å². The third-order valence-electron chi connectivity index (χ3n) is 6.20. The molecule has 2 aliphatic rings. The van der Waals surface area contributed by atoms with Crippen LogP contribution in [0.15, 0.2) is 36.8 Å². The molecule has 1 aliphatic carbocycles. The van der Waals surface area contributed by atoms with Crippen LogP contribution in [0.3, 0.4) is 0 Å². The third kappa shape index (κ3) is 4.13. The Hall–Kier alpha value is -3.53. The molecule has 10 heteroatoms. The molecule has 1 aromatic carbocycles. The quantitative estimate of drug-likeness (QED) is 0.379. The molecule has 170 valence electrons. The van der Waals surface area contributed by atoms with Gasteiger partial charge in [-0.3, -0.25) is 5.10 Å². The van der Waals surface area contributed by atoms with E-state index in [-0.39, 0.29) is 12.0 Å². The second kappa shape index (κ2) is 8.43. The van der Waals surface area contributed by atoms with Crippen LogP contribution in [-0.4, -0.2) is 36.3 Å². The molecule has 1 saturated heterocycles. The first-order chi connectivity index (χ1) is 16.2. The van der Waals surface area contributed by atoms with E-state index < -0.39 is 5.82 Å². The zero-order chi connectivity index (χ0) is 22.2. The molecular formula is C23H25FN8O. The maximum Gasteiger partial charge on any atom is 0.225 e. The monoisotopic (exact) mass is 448 g/mol. The summed E-state index contributed by atoms with van der Waals surface area (Å²) >= 11 is 0. The normalized spacial score (nSPS) is 18.5. The first-order valence-electron chi connectivity index (χ1n) is 11.4. The second-order valence-electron chi connectivity index (χ2n) is 8.61. The maximum atomic E-state index is 14.3. The van der Waals surface area contributed by atoms with Gasteiger partial charge in [-0.25, -0.2) is 14.4 Å². The Morgan fingerprint density at radius 1 is 1.18 bits per heavy atom. The van der Waals surface area contributed by atoms with Crippen LogP contribution in [0.1, 0.15) is 55.5 Å². The van der Waals surface area contributed by atoms with Crippen LogP contribution in [-0.2, 0) is 11.3 Å². The molecule has 1 aliphatic heterocycles. The van der Waals surface area contributed by atoms with Crippen molar-refractivity contribution in [2.45, 2.75) is 50.8 Å². The van der Waals surface area contributed by atoms with Gasteiger partial charge in [-0.1, -0.05) is 12.1 Å². The van der Waals surface area contributed by atoms with Gasteiger partial charge in [0.2, 0.25) is 5.95 Å². The van der Waals surface area contributed by atoms with E-state index in [2.05, 4.69) is 46.4 Å². The van der Waals surface area contributed by atoms with E-state index in [1.54, 1.807) is 0 Å². The maximum absolute atomic E-state index is 14.3. The van der Waals surface area contributed by atoms with Crippen molar-refractivity contribution in [1.82, 2.24) is 29.7 Å². The molecule has 1 atom stereocenters. The van der Waals surface area contributed by atoms with E-state index in [0.717, 1.165) is 67.2 Å². The summed E-state index contributed by atoms with van der Waals surface area (Å²) in [6, 6.07) is 7.98. The molecule has 3 aromatic heterocycles.